The summed E-state index contributed by atoms with van der Waals surface area (Å²) in [6, 6.07) is 0. The summed E-state index contributed by atoms with van der Waals surface area (Å²) in [5.41, 5.74) is 5.67. The highest BCUT2D eigenvalue weighted by molar-refractivity contribution is 7.11. The van der Waals surface area contributed by atoms with E-state index in [0.717, 1.165) is 11.4 Å². The maximum Gasteiger partial charge on any atom is 0.271 e. The lowest BCUT2D eigenvalue weighted by molar-refractivity contribution is 0.0945. The first kappa shape index (κ1) is 12.4. The largest absolute Gasteiger partial charge is 0.382 e. The molecule has 1 amide bonds. The van der Waals surface area contributed by atoms with Gasteiger partial charge in [-0.3, -0.25) is 9.78 Å². The predicted octanol–water partition coefficient (Wildman–Crippen LogP) is 1.01. The number of aryl methyl sites for hydroxylation is 1. The molecule has 0 saturated carbocycles. The second-order valence-electron chi connectivity index (χ2n) is 3.59. The average Bonchev–Trinajstić information content (AvgIpc) is 2.84. The zero-order valence-corrected chi connectivity index (χ0v) is 10.7. The van der Waals surface area contributed by atoms with E-state index in [1.165, 1.54) is 17.3 Å². The van der Waals surface area contributed by atoms with Crippen LogP contribution >= 0.6 is 11.3 Å². The normalized spacial score (nSPS) is 10.3. The molecular formula is C11H13N5OS. The molecule has 3 N–H and O–H groups in total. The van der Waals surface area contributed by atoms with Crippen molar-refractivity contribution in [3.63, 3.8) is 0 Å². The third kappa shape index (κ3) is 3.01. The monoisotopic (exact) mass is 263 g/mol. The van der Waals surface area contributed by atoms with Gasteiger partial charge in [-0.1, -0.05) is 6.92 Å². The molecule has 0 aliphatic rings. The molecule has 2 heterocycles. The molecule has 0 fully saturated rings. The first-order valence-corrected chi connectivity index (χ1v) is 6.30. The zero-order chi connectivity index (χ0) is 13.0. The minimum Gasteiger partial charge on any atom is -0.382 e. The van der Waals surface area contributed by atoms with Crippen LogP contribution in [-0.2, 0) is 13.0 Å². The van der Waals surface area contributed by atoms with Crippen LogP contribution in [0.1, 0.15) is 27.3 Å². The van der Waals surface area contributed by atoms with Crippen molar-refractivity contribution in [2.24, 2.45) is 0 Å². The van der Waals surface area contributed by atoms with Crippen LogP contribution in [0.25, 0.3) is 0 Å². The lowest BCUT2D eigenvalue weighted by Gasteiger charge is -2.02. The van der Waals surface area contributed by atoms with Crippen molar-refractivity contribution < 1.29 is 4.79 Å². The molecule has 94 valence electrons. The first-order valence-electron chi connectivity index (χ1n) is 5.48. The molecular weight excluding hydrogens is 250 g/mol. The van der Waals surface area contributed by atoms with Crippen molar-refractivity contribution in [2.75, 3.05) is 5.73 Å². The standard InChI is InChI=1S/C11H13N5OS/c1-2-7-3-14-10(18-7)6-15-11(17)8-4-13-5-9(12)16-8/h3-5H,2,6H2,1H3,(H2,12,16)(H,15,17). The first-order chi connectivity index (χ1) is 8.69. The molecule has 2 rings (SSSR count). The number of anilines is 1. The number of nitrogens with two attached hydrogens (primary N) is 1. The molecule has 7 heteroatoms. The van der Waals surface area contributed by atoms with Crippen molar-refractivity contribution in [1.29, 1.82) is 0 Å². The van der Waals surface area contributed by atoms with E-state index in [-0.39, 0.29) is 17.4 Å². The average molecular weight is 263 g/mol. The van der Waals surface area contributed by atoms with E-state index in [9.17, 15) is 4.79 Å². The number of nitrogens with one attached hydrogen (secondary N) is 1. The number of aromatic nitrogens is 3. The van der Waals surface area contributed by atoms with Crippen LogP contribution in [0.5, 0.6) is 0 Å². The second kappa shape index (κ2) is 5.54. The zero-order valence-electron chi connectivity index (χ0n) is 9.88. The van der Waals surface area contributed by atoms with Crippen LogP contribution in [0.15, 0.2) is 18.6 Å². The molecule has 2 aromatic heterocycles. The van der Waals surface area contributed by atoms with Gasteiger partial charge < -0.3 is 11.1 Å². The van der Waals surface area contributed by atoms with Crippen LogP contribution in [0.3, 0.4) is 0 Å². The number of nitrogen functional groups attached to an aromatic ring is 1. The van der Waals surface area contributed by atoms with E-state index in [2.05, 4.69) is 27.2 Å². The molecule has 0 saturated heterocycles. The fraction of sp³-hybridized carbons (Fsp3) is 0.273. The molecule has 6 nitrogen and oxygen atoms in total. The van der Waals surface area contributed by atoms with Gasteiger partial charge in [0.2, 0.25) is 0 Å². The number of thiazole rings is 1. The summed E-state index contributed by atoms with van der Waals surface area (Å²) < 4.78 is 0. The summed E-state index contributed by atoms with van der Waals surface area (Å²) in [6.45, 7) is 2.46. The van der Waals surface area contributed by atoms with Gasteiger partial charge in [-0.15, -0.1) is 11.3 Å². The van der Waals surface area contributed by atoms with Gasteiger partial charge >= 0.3 is 0 Å². The summed E-state index contributed by atoms with van der Waals surface area (Å²) in [5.74, 6) is -0.0757. The molecule has 0 spiro atoms. The fourth-order valence-corrected chi connectivity index (χ4v) is 2.13. The Labute approximate surface area is 108 Å². The number of carbonyl (C=O) groups excluding carboxylic acids is 1. The Morgan fingerprint density at radius 3 is 2.94 bits per heavy atom. The van der Waals surface area contributed by atoms with Gasteiger partial charge in [-0.2, -0.15) is 0 Å². The Balaban J connectivity index is 1.96. The van der Waals surface area contributed by atoms with Crippen molar-refractivity contribution in [2.45, 2.75) is 19.9 Å². The van der Waals surface area contributed by atoms with Gasteiger partial charge in [0.25, 0.3) is 5.91 Å². The van der Waals surface area contributed by atoms with E-state index in [1.807, 2.05) is 6.20 Å². The summed E-state index contributed by atoms with van der Waals surface area (Å²) in [5, 5.41) is 3.60. The highest BCUT2D eigenvalue weighted by atomic mass is 32.1. The number of hydrogen-bond acceptors (Lipinski definition) is 6. The van der Waals surface area contributed by atoms with E-state index in [4.69, 9.17) is 5.73 Å². The summed E-state index contributed by atoms with van der Waals surface area (Å²) in [7, 11) is 0. The summed E-state index contributed by atoms with van der Waals surface area (Å²) in [6.07, 6.45) is 5.55. The van der Waals surface area contributed by atoms with Gasteiger partial charge in [-0.25, -0.2) is 9.97 Å². The molecule has 0 unspecified atom stereocenters. The van der Waals surface area contributed by atoms with Crippen LogP contribution < -0.4 is 11.1 Å². The van der Waals surface area contributed by atoms with E-state index < -0.39 is 0 Å². The lowest BCUT2D eigenvalue weighted by Crippen LogP contribution is -2.24. The lowest BCUT2D eigenvalue weighted by atomic mass is 10.4. The summed E-state index contributed by atoms with van der Waals surface area (Å²) in [4.78, 5) is 24.9. The third-order valence-corrected chi connectivity index (χ3v) is 3.38. The smallest absolute Gasteiger partial charge is 0.271 e. The Kier molecular flexibility index (Phi) is 3.83. The number of amides is 1. The van der Waals surface area contributed by atoms with Crippen LogP contribution in [0.2, 0.25) is 0 Å². The van der Waals surface area contributed by atoms with Gasteiger partial charge in [-0.05, 0) is 6.42 Å². The van der Waals surface area contributed by atoms with Crippen LogP contribution in [0.4, 0.5) is 5.82 Å². The molecule has 2 aromatic rings. The molecule has 0 aromatic carbocycles. The number of carbonyl (C=O) groups is 1. The van der Waals surface area contributed by atoms with E-state index in [1.54, 1.807) is 11.3 Å². The molecule has 0 aliphatic heterocycles. The number of hydrogen-bond donors (Lipinski definition) is 2. The highest BCUT2D eigenvalue weighted by Crippen LogP contribution is 2.12. The van der Waals surface area contributed by atoms with Crippen molar-refractivity contribution in [1.82, 2.24) is 20.3 Å². The minimum atomic E-state index is -0.303. The van der Waals surface area contributed by atoms with Gasteiger partial charge in [0.15, 0.2) is 0 Å². The summed E-state index contributed by atoms with van der Waals surface area (Å²) >= 11 is 1.59. The minimum absolute atomic E-state index is 0.210. The Morgan fingerprint density at radius 1 is 1.44 bits per heavy atom. The second-order valence-corrected chi connectivity index (χ2v) is 4.79. The van der Waals surface area contributed by atoms with E-state index in [0.29, 0.717) is 6.54 Å². The van der Waals surface area contributed by atoms with E-state index >= 15 is 0 Å². The quantitative estimate of drug-likeness (QED) is 0.858. The maximum atomic E-state index is 11.8. The van der Waals surface area contributed by atoms with Crippen LogP contribution in [0, 0.1) is 0 Å². The molecule has 0 radical (unpaired) electrons. The SMILES string of the molecule is CCc1cnc(CNC(=O)c2cncc(N)n2)s1. The van der Waals surface area contributed by atoms with Crippen molar-refractivity contribution in [3.05, 3.63) is 34.2 Å². The number of nitrogens with zero attached hydrogens (tertiary/aromatic N) is 3. The van der Waals surface area contributed by atoms with Crippen molar-refractivity contribution >= 4 is 23.1 Å². The van der Waals surface area contributed by atoms with Crippen LogP contribution in [-0.4, -0.2) is 20.9 Å². The van der Waals surface area contributed by atoms with Crippen molar-refractivity contribution in [3.8, 4) is 0 Å². The fourth-order valence-electron chi connectivity index (χ4n) is 1.33. The third-order valence-electron chi connectivity index (χ3n) is 2.24. The maximum absolute atomic E-state index is 11.8. The molecule has 0 bridgehead atoms. The predicted molar refractivity (Wildman–Crippen MR) is 69.1 cm³/mol. The topological polar surface area (TPSA) is 93.8 Å². The Bertz CT molecular complexity index is 554. The molecule has 18 heavy (non-hydrogen) atoms. The Hall–Kier alpha value is -2.02. The molecule has 0 atom stereocenters. The van der Waals surface area contributed by atoms with Gasteiger partial charge in [0, 0.05) is 11.1 Å². The number of rotatable bonds is 4. The van der Waals surface area contributed by atoms with Gasteiger partial charge in [0.05, 0.1) is 18.9 Å². The Morgan fingerprint density at radius 2 is 2.28 bits per heavy atom. The molecule has 0 aliphatic carbocycles. The highest BCUT2D eigenvalue weighted by Gasteiger charge is 2.09. The van der Waals surface area contributed by atoms with Gasteiger partial charge in [0.1, 0.15) is 16.5 Å².